The van der Waals surface area contributed by atoms with Crippen molar-refractivity contribution in [3.63, 3.8) is 0 Å². The van der Waals surface area contributed by atoms with Crippen molar-refractivity contribution in [1.29, 1.82) is 0 Å². The van der Waals surface area contributed by atoms with Crippen LogP contribution < -0.4 is 10.5 Å². The first kappa shape index (κ1) is 8.30. The van der Waals surface area contributed by atoms with E-state index in [4.69, 9.17) is 10.5 Å². The Kier molecular flexibility index (Phi) is 2.46. The summed E-state index contributed by atoms with van der Waals surface area (Å²) < 4.78 is 4.93. The molecule has 0 heterocycles. The van der Waals surface area contributed by atoms with E-state index in [-0.39, 0.29) is 0 Å². The summed E-state index contributed by atoms with van der Waals surface area (Å²) in [6.45, 7) is 0. The molecule has 12 heavy (non-hydrogen) atoms. The van der Waals surface area contributed by atoms with Gasteiger partial charge in [0.15, 0.2) is 0 Å². The Balaban J connectivity index is 3.19. The van der Waals surface area contributed by atoms with Gasteiger partial charge < -0.3 is 10.5 Å². The number of hydrogen-bond donors (Lipinski definition) is 1. The molecule has 0 fully saturated rings. The molecule has 1 aromatic carbocycles. The van der Waals surface area contributed by atoms with E-state index in [1.54, 1.807) is 18.2 Å². The van der Waals surface area contributed by atoms with Crippen LogP contribution in [0.2, 0.25) is 0 Å². The molecule has 0 unspecified atom stereocenters. The number of benzene rings is 1. The summed E-state index contributed by atoms with van der Waals surface area (Å²) in [6.07, 6.45) is 1.43. The maximum absolute atomic E-state index is 9.95. The van der Waals surface area contributed by atoms with Crippen molar-refractivity contribution < 1.29 is 9.53 Å². The third-order valence-electron chi connectivity index (χ3n) is 1.37. The Labute approximate surface area is 69.7 Å². The van der Waals surface area contributed by atoms with Gasteiger partial charge in [0.2, 0.25) is 6.08 Å². The van der Waals surface area contributed by atoms with Gasteiger partial charge in [-0.05, 0) is 12.1 Å². The van der Waals surface area contributed by atoms with E-state index in [1.807, 2.05) is 0 Å². The molecule has 0 aromatic heterocycles. The number of isocyanates is 1. The van der Waals surface area contributed by atoms with Crippen molar-refractivity contribution >= 4 is 17.5 Å². The maximum atomic E-state index is 9.95. The molecular formula is C8H8N2O2. The van der Waals surface area contributed by atoms with Gasteiger partial charge in [-0.1, -0.05) is 0 Å². The van der Waals surface area contributed by atoms with Gasteiger partial charge in [-0.15, -0.1) is 0 Å². The first-order valence-corrected chi connectivity index (χ1v) is 3.29. The van der Waals surface area contributed by atoms with Crippen molar-refractivity contribution in [1.82, 2.24) is 0 Å². The fourth-order valence-electron chi connectivity index (χ4n) is 0.836. The van der Waals surface area contributed by atoms with E-state index in [9.17, 15) is 4.79 Å². The average Bonchev–Trinajstić information content (AvgIpc) is 2.08. The highest BCUT2D eigenvalue weighted by Gasteiger charge is 2.00. The molecule has 0 saturated carbocycles. The summed E-state index contributed by atoms with van der Waals surface area (Å²) in [4.78, 5) is 13.4. The number of methoxy groups -OCH3 is 1. The van der Waals surface area contributed by atoms with E-state index in [1.165, 1.54) is 13.2 Å². The van der Waals surface area contributed by atoms with Gasteiger partial charge in [0, 0.05) is 11.8 Å². The highest BCUT2D eigenvalue weighted by molar-refractivity contribution is 5.62. The van der Waals surface area contributed by atoms with E-state index in [2.05, 4.69) is 4.99 Å². The first-order chi connectivity index (χ1) is 5.77. The molecule has 0 atom stereocenters. The van der Waals surface area contributed by atoms with Crippen LogP contribution in [0.3, 0.4) is 0 Å². The summed E-state index contributed by atoms with van der Waals surface area (Å²) >= 11 is 0. The Morgan fingerprint density at radius 3 is 2.92 bits per heavy atom. The molecule has 4 heteroatoms. The minimum absolute atomic E-state index is 0.432. The van der Waals surface area contributed by atoms with Crippen molar-refractivity contribution in [3.8, 4) is 5.75 Å². The largest absolute Gasteiger partial charge is 0.494 e. The molecule has 4 nitrogen and oxygen atoms in total. The predicted octanol–water partition coefficient (Wildman–Crippen LogP) is 1.24. The Morgan fingerprint density at radius 1 is 1.58 bits per heavy atom. The molecule has 2 N–H and O–H groups in total. The van der Waals surface area contributed by atoms with Crippen molar-refractivity contribution in [2.45, 2.75) is 0 Å². The number of ether oxygens (including phenoxy) is 1. The van der Waals surface area contributed by atoms with Gasteiger partial charge in [0.1, 0.15) is 11.4 Å². The highest BCUT2D eigenvalue weighted by Crippen LogP contribution is 2.28. The SMILES string of the molecule is COc1cc(N)ccc1N=C=O. The minimum Gasteiger partial charge on any atom is -0.494 e. The van der Waals surface area contributed by atoms with Crippen molar-refractivity contribution in [3.05, 3.63) is 18.2 Å². The van der Waals surface area contributed by atoms with E-state index < -0.39 is 0 Å². The fraction of sp³-hybridized carbons (Fsp3) is 0.125. The number of aliphatic imine (C=N–C) groups is 1. The van der Waals surface area contributed by atoms with Crippen molar-refractivity contribution in [2.24, 2.45) is 4.99 Å². The number of hydrogen-bond acceptors (Lipinski definition) is 4. The van der Waals surface area contributed by atoms with Crippen LogP contribution in [-0.4, -0.2) is 13.2 Å². The number of rotatable bonds is 2. The number of nitrogens with two attached hydrogens (primary N) is 1. The number of anilines is 1. The topological polar surface area (TPSA) is 64.7 Å². The molecule has 0 radical (unpaired) electrons. The molecule has 0 spiro atoms. The Bertz CT molecular complexity index is 330. The lowest BCUT2D eigenvalue weighted by Gasteiger charge is -2.02. The molecule has 62 valence electrons. The third kappa shape index (κ3) is 1.62. The molecule has 0 aliphatic rings. The molecule has 0 saturated heterocycles. The third-order valence-corrected chi connectivity index (χ3v) is 1.37. The van der Waals surface area contributed by atoms with Gasteiger partial charge in [-0.25, -0.2) is 4.79 Å². The monoisotopic (exact) mass is 164 g/mol. The molecule has 0 bridgehead atoms. The lowest BCUT2D eigenvalue weighted by Crippen LogP contribution is -1.87. The minimum atomic E-state index is 0.432. The second-order valence-electron chi connectivity index (χ2n) is 2.13. The predicted molar refractivity (Wildman–Crippen MR) is 45.2 cm³/mol. The zero-order valence-corrected chi connectivity index (χ0v) is 6.57. The quantitative estimate of drug-likeness (QED) is 0.406. The van der Waals surface area contributed by atoms with Crippen LogP contribution >= 0.6 is 0 Å². The van der Waals surface area contributed by atoms with Gasteiger partial charge in [-0.3, -0.25) is 0 Å². The zero-order chi connectivity index (χ0) is 8.97. The second kappa shape index (κ2) is 3.55. The molecule has 1 aromatic rings. The van der Waals surface area contributed by atoms with E-state index in [0.717, 1.165) is 0 Å². The lowest BCUT2D eigenvalue weighted by molar-refractivity contribution is 0.416. The maximum Gasteiger partial charge on any atom is 0.240 e. The summed E-state index contributed by atoms with van der Waals surface area (Å²) in [7, 11) is 1.48. The molecular weight excluding hydrogens is 156 g/mol. The van der Waals surface area contributed by atoms with Crippen LogP contribution in [0.4, 0.5) is 11.4 Å². The Morgan fingerprint density at radius 2 is 2.33 bits per heavy atom. The molecule has 0 aliphatic heterocycles. The van der Waals surface area contributed by atoms with Crippen LogP contribution in [0, 0.1) is 0 Å². The lowest BCUT2D eigenvalue weighted by atomic mass is 10.2. The smallest absolute Gasteiger partial charge is 0.240 e. The number of nitrogen functional groups attached to an aromatic ring is 1. The summed E-state index contributed by atoms with van der Waals surface area (Å²) in [5, 5.41) is 0. The molecule has 0 amide bonds. The summed E-state index contributed by atoms with van der Waals surface area (Å²) in [5.41, 5.74) is 6.48. The van der Waals surface area contributed by atoms with Crippen LogP contribution in [0.5, 0.6) is 5.75 Å². The first-order valence-electron chi connectivity index (χ1n) is 3.29. The van der Waals surface area contributed by atoms with Crippen molar-refractivity contribution in [2.75, 3.05) is 12.8 Å². The van der Waals surface area contributed by atoms with Crippen LogP contribution in [-0.2, 0) is 4.79 Å². The number of carbonyl (C=O) groups excluding carboxylic acids is 1. The second-order valence-corrected chi connectivity index (χ2v) is 2.13. The van der Waals surface area contributed by atoms with Gasteiger partial charge in [-0.2, -0.15) is 4.99 Å². The van der Waals surface area contributed by atoms with Crippen LogP contribution in [0.25, 0.3) is 0 Å². The normalized spacial score (nSPS) is 8.75. The summed E-state index contributed by atoms with van der Waals surface area (Å²) in [5.74, 6) is 0.471. The van der Waals surface area contributed by atoms with Gasteiger partial charge in [0.25, 0.3) is 0 Å². The van der Waals surface area contributed by atoms with E-state index >= 15 is 0 Å². The summed E-state index contributed by atoms with van der Waals surface area (Å²) in [6, 6.07) is 4.83. The molecule has 1 rings (SSSR count). The highest BCUT2D eigenvalue weighted by atomic mass is 16.5. The van der Waals surface area contributed by atoms with E-state index in [0.29, 0.717) is 17.1 Å². The zero-order valence-electron chi connectivity index (χ0n) is 6.57. The fourth-order valence-corrected chi connectivity index (χ4v) is 0.836. The van der Waals surface area contributed by atoms with Crippen LogP contribution in [0.1, 0.15) is 0 Å². The van der Waals surface area contributed by atoms with Gasteiger partial charge >= 0.3 is 0 Å². The van der Waals surface area contributed by atoms with Gasteiger partial charge in [0.05, 0.1) is 7.11 Å². The molecule has 0 aliphatic carbocycles. The standard InChI is InChI=1S/C8H8N2O2/c1-12-8-4-6(9)2-3-7(8)10-5-11/h2-4H,9H2,1H3. The number of nitrogens with zero attached hydrogens (tertiary/aromatic N) is 1. The average molecular weight is 164 g/mol. The Hall–Kier alpha value is -1.80. The van der Waals surface area contributed by atoms with Crippen LogP contribution in [0.15, 0.2) is 23.2 Å².